The minimum Gasteiger partial charge on any atom is -0.481 e. The molecular weight excluding hydrogens is 323 g/mol. The first kappa shape index (κ1) is 15.3. The van der Waals surface area contributed by atoms with E-state index in [1.807, 2.05) is 0 Å². The number of nitrogens with zero attached hydrogens (tertiary/aromatic N) is 2. The van der Waals surface area contributed by atoms with E-state index in [0.29, 0.717) is 0 Å². The van der Waals surface area contributed by atoms with Crippen LogP contribution < -0.4 is 0 Å². The van der Waals surface area contributed by atoms with Crippen LogP contribution in [0.1, 0.15) is 31.2 Å². The van der Waals surface area contributed by atoms with E-state index in [-0.39, 0.29) is 29.5 Å². The molecule has 5 rings (SSSR count). The Hall–Kier alpha value is -1.95. The first-order valence-corrected chi connectivity index (χ1v) is 9.13. The molecule has 1 N–H and O–H groups in total. The molecule has 1 saturated heterocycles. The van der Waals surface area contributed by atoms with E-state index in [1.165, 1.54) is 12.1 Å². The summed E-state index contributed by atoms with van der Waals surface area (Å²) in [5.41, 5.74) is 1.10. The van der Waals surface area contributed by atoms with E-state index in [9.17, 15) is 14.3 Å². The van der Waals surface area contributed by atoms with Crippen LogP contribution in [0.4, 0.5) is 4.39 Å². The molecule has 2 aliphatic heterocycles. The van der Waals surface area contributed by atoms with Gasteiger partial charge in [-0.15, -0.1) is 0 Å². The molecule has 1 aromatic rings. The molecule has 2 saturated carbocycles. The zero-order valence-corrected chi connectivity index (χ0v) is 13.9. The molecule has 1 aromatic carbocycles. The van der Waals surface area contributed by atoms with E-state index < -0.39 is 11.7 Å². The summed E-state index contributed by atoms with van der Waals surface area (Å²) in [5, 5.41) is 14.0. The highest BCUT2D eigenvalue weighted by Gasteiger charge is 2.74. The third kappa shape index (κ3) is 2.03. The summed E-state index contributed by atoms with van der Waals surface area (Å²) in [6.45, 7) is 1.86. The molecule has 0 amide bonds. The van der Waals surface area contributed by atoms with Gasteiger partial charge < -0.3 is 9.94 Å². The van der Waals surface area contributed by atoms with Crippen molar-refractivity contribution in [3.05, 3.63) is 35.6 Å². The number of benzene rings is 1. The van der Waals surface area contributed by atoms with Gasteiger partial charge in [0.05, 0.1) is 17.5 Å². The van der Waals surface area contributed by atoms with Crippen molar-refractivity contribution in [3.8, 4) is 0 Å². The van der Waals surface area contributed by atoms with Crippen LogP contribution in [0.15, 0.2) is 29.4 Å². The number of rotatable bonds is 3. The molecule has 25 heavy (non-hydrogen) atoms. The molecule has 4 aliphatic rings. The average Bonchev–Trinajstić information content (AvgIpc) is 2.97. The lowest BCUT2D eigenvalue weighted by molar-refractivity contribution is -0.183. The number of carboxylic acid groups (broad SMARTS) is 1. The number of oxime groups is 1. The van der Waals surface area contributed by atoms with Crippen LogP contribution in [0.2, 0.25) is 0 Å². The van der Waals surface area contributed by atoms with Crippen molar-refractivity contribution in [1.29, 1.82) is 0 Å². The van der Waals surface area contributed by atoms with Gasteiger partial charge in [0.15, 0.2) is 0 Å². The first-order valence-electron chi connectivity index (χ1n) is 9.13. The van der Waals surface area contributed by atoms with E-state index in [1.54, 1.807) is 12.1 Å². The Balaban J connectivity index is 1.54. The van der Waals surface area contributed by atoms with Gasteiger partial charge in [-0.2, -0.15) is 0 Å². The Morgan fingerprint density at radius 3 is 2.64 bits per heavy atom. The Bertz CT molecular complexity index is 744. The molecule has 0 bridgehead atoms. The van der Waals surface area contributed by atoms with Crippen molar-refractivity contribution in [2.45, 2.75) is 31.4 Å². The number of carboxylic acids is 1. The fourth-order valence-corrected chi connectivity index (χ4v) is 5.51. The number of fused-ring (bicyclic) bond motifs is 3. The van der Waals surface area contributed by atoms with E-state index in [2.05, 4.69) is 10.1 Å². The van der Waals surface area contributed by atoms with Crippen LogP contribution >= 0.6 is 0 Å². The molecule has 5 unspecified atom stereocenters. The maximum Gasteiger partial charge on any atom is 0.307 e. The van der Waals surface area contributed by atoms with Crippen molar-refractivity contribution in [2.75, 3.05) is 13.1 Å². The number of halogens is 1. The number of carbonyl (C=O) groups is 1. The lowest BCUT2D eigenvalue weighted by atomic mass is 9.76. The van der Waals surface area contributed by atoms with Gasteiger partial charge >= 0.3 is 5.97 Å². The molecular formula is C19H21FN2O3. The van der Waals surface area contributed by atoms with Crippen molar-refractivity contribution < 1.29 is 19.1 Å². The maximum absolute atomic E-state index is 13.3. The maximum atomic E-state index is 13.3. The molecule has 0 radical (unpaired) electrons. The third-order valence-electron chi connectivity index (χ3n) is 6.58. The van der Waals surface area contributed by atoms with Gasteiger partial charge in [-0.05, 0) is 43.7 Å². The first-order chi connectivity index (χ1) is 12.1. The summed E-state index contributed by atoms with van der Waals surface area (Å²) >= 11 is 0. The minimum atomic E-state index is -0.715. The monoisotopic (exact) mass is 344 g/mol. The summed E-state index contributed by atoms with van der Waals surface area (Å²) in [6, 6.07) is 6.36. The SMILES string of the molecule is O=C(O)C1C2CCC3C(c4ccc(F)cc4)=NOC3(N3CCCC3)C21. The molecule has 5 nitrogen and oxygen atoms in total. The highest BCUT2D eigenvalue weighted by molar-refractivity contribution is 6.03. The molecule has 6 heteroatoms. The summed E-state index contributed by atoms with van der Waals surface area (Å²) in [7, 11) is 0. The number of hydrogen-bond acceptors (Lipinski definition) is 4. The predicted octanol–water partition coefficient (Wildman–Crippen LogP) is 2.71. The minimum absolute atomic E-state index is 0.00329. The fourth-order valence-electron chi connectivity index (χ4n) is 5.51. The summed E-state index contributed by atoms with van der Waals surface area (Å²) in [6.07, 6.45) is 3.99. The van der Waals surface area contributed by atoms with Crippen molar-refractivity contribution >= 4 is 11.7 Å². The number of likely N-dealkylation sites (tertiary alicyclic amines) is 1. The second-order valence-corrected chi connectivity index (χ2v) is 7.70. The van der Waals surface area contributed by atoms with Crippen LogP contribution in [0.3, 0.4) is 0 Å². The summed E-state index contributed by atoms with van der Waals surface area (Å²) < 4.78 is 13.3. The predicted molar refractivity (Wildman–Crippen MR) is 88.4 cm³/mol. The fraction of sp³-hybridized carbons (Fsp3) is 0.579. The Labute approximate surface area is 145 Å². The zero-order valence-electron chi connectivity index (χ0n) is 13.9. The van der Waals surface area contributed by atoms with Crippen LogP contribution in [0, 0.1) is 29.5 Å². The smallest absolute Gasteiger partial charge is 0.307 e. The second kappa shape index (κ2) is 5.27. The molecule has 2 aliphatic carbocycles. The normalized spacial score (nSPS) is 39.3. The third-order valence-corrected chi connectivity index (χ3v) is 6.58. The average molecular weight is 344 g/mol. The van der Waals surface area contributed by atoms with Crippen LogP contribution in [0.25, 0.3) is 0 Å². The van der Waals surface area contributed by atoms with Crippen molar-refractivity contribution in [2.24, 2.45) is 28.8 Å². The molecule has 132 valence electrons. The van der Waals surface area contributed by atoms with Crippen molar-refractivity contribution in [1.82, 2.24) is 4.90 Å². The number of hydrogen-bond donors (Lipinski definition) is 1. The highest BCUT2D eigenvalue weighted by atomic mass is 19.1. The van der Waals surface area contributed by atoms with Crippen LogP contribution in [-0.2, 0) is 9.63 Å². The number of aliphatic carboxylic acids is 1. The zero-order chi connectivity index (χ0) is 17.2. The Kier molecular flexibility index (Phi) is 3.23. The lowest BCUT2D eigenvalue weighted by Gasteiger charge is -2.43. The summed E-state index contributed by atoms with van der Waals surface area (Å²) in [5.74, 6) is -1.06. The second-order valence-electron chi connectivity index (χ2n) is 7.70. The lowest BCUT2D eigenvalue weighted by Crippen LogP contribution is -2.57. The van der Waals surface area contributed by atoms with Gasteiger partial charge in [0.2, 0.25) is 5.72 Å². The molecule has 3 fully saturated rings. The molecule has 0 spiro atoms. The van der Waals surface area contributed by atoms with E-state index >= 15 is 0 Å². The quantitative estimate of drug-likeness (QED) is 0.916. The van der Waals surface area contributed by atoms with E-state index in [4.69, 9.17) is 4.84 Å². The summed E-state index contributed by atoms with van der Waals surface area (Å²) in [4.78, 5) is 20.2. The highest BCUT2D eigenvalue weighted by Crippen LogP contribution is 2.66. The largest absolute Gasteiger partial charge is 0.481 e. The molecule has 5 atom stereocenters. The van der Waals surface area contributed by atoms with Gasteiger partial charge in [0, 0.05) is 24.6 Å². The topological polar surface area (TPSA) is 62.1 Å². The molecule has 0 aromatic heterocycles. The molecule has 2 heterocycles. The van der Waals surface area contributed by atoms with Crippen molar-refractivity contribution in [3.63, 3.8) is 0 Å². The Morgan fingerprint density at radius 1 is 1.24 bits per heavy atom. The van der Waals surface area contributed by atoms with Gasteiger partial charge in [-0.25, -0.2) is 4.39 Å². The van der Waals surface area contributed by atoms with Gasteiger partial charge in [0.1, 0.15) is 5.82 Å². The van der Waals surface area contributed by atoms with Gasteiger partial charge in [-0.1, -0.05) is 17.3 Å². The van der Waals surface area contributed by atoms with Crippen LogP contribution in [0.5, 0.6) is 0 Å². The van der Waals surface area contributed by atoms with Gasteiger partial charge in [-0.3, -0.25) is 9.69 Å². The standard InChI is InChI=1S/C19H21FN2O3/c20-12-5-3-11(4-6-12)17-14-8-7-13-15(18(23)24)16(13)19(14,25-21-17)22-9-1-2-10-22/h3-6,13-16H,1-2,7-10H2,(H,23,24). The van der Waals surface area contributed by atoms with E-state index in [0.717, 1.165) is 50.0 Å². The Morgan fingerprint density at radius 2 is 1.96 bits per heavy atom. The van der Waals surface area contributed by atoms with Crippen LogP contribution in [-0.4, -0.2) is 40.5 Å². The van der Waals surface area contributed by atoms with Gasteiger partial charge in [0.25, 0.3) is 0 Å².